The maximum atomic E-state index is 11.6. The highest BCUT2D eigenvalue weighted by atomic mass is 16.2. The first-order chi connectivity index (χ1) is 6.65. The third kappa shape index (κ3) is 1.87. The van der Waals surface area contributed by atoms with E-state index < -0.39 is 0 Å². The molecule has 1 unspecified atom stereocenters. The average Bonchev–Trinajstić information content (AvgIpc) is 2.49. The molecule has 5 nitrogen and oxygen atoms in total. The van der Waals surface area contributed by atoms with Crippen molar-refractivity contribution in [2.24, 2.45) is 11.7 Å². The molecule has 4 N–H and O–H groups in total. The monoisotopic (exact) mass is 197 g/mol. The molecule has 1 saturated heterocycles. The number of nitrogens with one attached hydrogen (secondary N) is 2. The van der Waals surface area contributed by atoms with Gasteiger partial charge in [-0.25, -0.2) is 0 Å². The van der Waals surface area contributed by atoms with E-state index in [1.165, 1.54) is 0 Å². The summed E-state index contributed by atoms with van der Waals surface area (Å²) in [6.07, 6.45) is 2.05. The van der Waals surface area contributed by atoms with Crippen LogP contribution in [0.2, 0.25) is 0 Å². The summed E-state index contributed by atoms with van der Waals surface area (Å²) in [5, 5.41) is 5.54. The molecule has 1 atom stereocenters. The van der Waals surface area contributed by atoms with Crippen LogP contribution in [0.15, 0.2) is 0 Å². The van der Waals surface area contributed by atoms with Crippen molar-refractivity contribution in [3.05, 3.63) is 0 Å². The molecule has 1 heterocycles. The Morgan fingerprint density at radius 1 is 1.50 bits per heavy atom. The van der Waals surface area contributed by atoms with Crippen molar-refractivity contribution >= 4 is 11.8 Å². The SMILES string of the molecule is NC1CC(NC(=O)C2CNC(=O)C2)C1. The minimum absolute atomic E-state index is 0.0137. The normalized spacial score (nSPS) is 36.1. The fourth-order valence-electron chi connectivity index (χ4n) is 1.89. The van der Waals surface area contributed by atoms with E-state index in [1.54, 1.807) is 0 Å². The second-order valence-electron chi connectivity index (χ2n) is 4.14. The van der Waals surface area contributed by atoms with Crippen molar-refractivity contribution in [3.8, 4) is 0 Å². The Kier molecular flexibility index (Phi) is 2.41. The zero-order chi connectivity index (χ0) is 10.1. The fraction of sp³-hybridized carbons (Fsp3) is 0.778. The van der Waals surface area contributed by atoms with Gasteiger partial charge in [0.25, 0.3) is 0 Å². The summed E-state index contributed by atoms with van der Waals surface area (Å²) < 4.78 is 0. The summed E-state index contributed by atoms with van der Waals surface area (Å²) in [5.41, 5.74) is 5.60. The van der Waals surface area contributed by atoms with Crippen LogP contribution in [0, 0.1) is 5.92 Å². The van der Waals surface area contributed by atoms with Gasteiger partial charge < -0.3 is 16.4 Å². The lowest BCUT2D eigenvalue weighted by Gasteiger charge is -2.33. The Balaban J connectivity index is 1.76. The zero-order valence-electron chi connectivity index (χ0n) is 7.95. The predicted molar refractivity (Wildman–Crippen MR) is 50.3 cm³/mol. The van der Waals surface area contributed by atoms with E-state index in [-0.39, 0.29) is 29.8 Å². The topological polar surface area (TPSA) is 84.2 Å². The van der Waals surface area contributed by atoms with Gasteiger partial charge in [-0.3, -0.25) is 9.59 Å². The van der Waals surface area contributed by atoms with Gasteiger partial charge in [0, 0.05) is 25.0 Å². The van der Waals surface area contributed by atoms with E-state index in [1.807, 2.05) is 0 Å². The molecule has 0 bridgehead atoms. The first-order valence-electron chi connectivity index (χ1n) is 4.98. The molecule has 0 aromatic carbocycles. The summed E-state index contributed by atoms with van der Waals surface area (Å²) in [4.78, 5) is 22.4. The standard InChI is InChI=1S/C9H15N3O2/c10-6-2-7(3-6)12-9(14)5-1-8(13)11-4-5/h5-7H,1-4,10H2,(H,11,13)(H,12,14). The first-order valence-corrected chi connectivity index (χ1v) is 4.98. The molecule has 2 aliphatic rings. The quantitative estimate of drug-likeness (QED) is 0.516. The number of rotatable bonds is 2. The summed E-state index contributed by atoms with van der Waals surface area (Å²) >= 11 is 0. The van der Waals surface area contributed by atoms with Crippen LogP contribution in [-0.4, -0.2) is 30.4 Å². The fourth-order valence-corrected chi connectivity index (χ4v) is 1.89. The van der Waals surface area contributed by atoms with Gasteiger partial charge >= 0.3 is 0 Å². The van der Waals surface area contributed by atoms with Crippen LogP contribution >= 0.6 is 0 Å². The van der Waals surface area contributed by atoms with Gasteiger partial charge in [-0.05, 0) is 12.8 Å². The lowest BCUT2D eigenvalue weighted by molar-refractivity contribution is -0.127. The van der Waals surface area contributed by atoms with Crippen molar-refractivity contribution in [2.45, 2.75) is 31.3 Å². The maximum absolute atomic E-state index is 11.6. The molecule has 2 fully saturated rings. The Labute approximate surface area is 82.4 Å². The van der Waals surface area contributed by atoms with Crippen LogP contribution in [0.3, 0.4) is 0 Å². The number of hydrogen-bond acceptors (Lipinski definition) is 3. The van der Waals surface area contributed by atoms with Crippen LogP contribution < -0.4 is 16.4 Å². The highest BCUT2D eigenvalue weighted by Crippen LogP contribution is 2.18. The van der Waals surface area contributed by atoms with Gasteiger partial charge in [-0.15, -0.1) is 0 Å². The van der Waals surface area contributed by atoms with Crippen LogP contribution in [0.1, 0.15) is 19.3 Å². The highest BCUT2D eigenvalue weighted by molar-refractivity contribution is 5.89. The van der Waals surface area contributed by atoms with E-state index in [4.69, 9.17) is 5.73 Å². The van der Waals surface area contributed by atoms with E-state index in [2.05, 4.69) is 10.6 Å². The first kappa shape index (κ1) is 9.45. The van der Waals surface area contributed by atoms with Gasteiger partial charge in [-0.1, -0.05) is 0 Å². The van der Waals surface area contributed by atoms with Gasteiger partial charge in [0.1, 0.15) is 0 Å². The molecular weight excluding hydrogens is 182 g/mol. The third-order valence-corrected chi connectivity index (χ3v) is 2.87. The van der Waals surface area contributed by atoms with Gasteiger partial charge in [0.15, 0.2) is 0 Å². The highest BCUT2D eigenvalue weighted by Gasteiger charge is 2.32. The molecule has 1 aliphatic carbocycles. The van der Waals surface area contributed by atoms with Crippen LogP contribution in [0.25, 0.3) is 0 Å². The Morgan fingerprint density at radius 2 is 2.21 bits per heavy atom. The smallest absolute Gasteiger partial charge is 0.225 e. The van der Waals surface area contributed by atoms with Gasteiger partial charge in [0.2, 0.25) is 11.8 Å². The van der Waals surface area contributed by atoms with Crippen LogP contribution in [0.4, 0.5) is 0 Å². The summed E-state index contributed by atoms with van der Waals surface area (Å²) in [5.74, 6) is -0.227. The van der Waals surface area contributed by atoms with E-state index in [0.29, 0.717) is 13.0 Å². The molecule has 0 spiro atoms. The molecule has 14 heavy (non-hydrogen) atoms. The van der Waals surface area contributed by atoms with Crippen LogP contribution in [0.5, 0.6) is 0 Å². The largest absolute Gasteiger partial charge is 0.355 e. The molecule has 2 rings (SSSR count). The lowest BCUT2D eigenvalue weighted by Crippen LogP contribution is -2.51. The summed E-state index contributed by atoms with van der Waals surface area (Å²) in [6.45, 7) is 0.476. The minimum Gasteiger partial charge on any atom is -0.355 e. The molecule has 1 saturated carbocycles. The Hall–Kier alpha value is -1.10. The second kappa shape index (κ2) is 3.57. The number of nitrogens with two attached hydrogens (primary N) is 1. The number of carbonyl (C=O) groups is 2. The molecule has 5 heteroatoms. The summed E-state index contributed by atoms with van der Waals surface area (Å²) in [7, 11) is 0. The van der Waals surface area contributed by atoms with Crippen LogP contribution in [-0.2, 0) is 9.59 Å². The molecule has 0 aromatic rings. The number of hydrogen-bond donors (Lipinski definition) is 3. The third-order valence-electron chi connectivity index (χ3n) is 2.87. The number of carbonyl (C=O) groups excluding carboxylic acids is 2. The van der Waals surface area contributed by atoms with Crippen molar-refractivity contribution in [1.29, 1.82) is 0 Å². The van der Waals surface area contributed by atoms with Gasteiger partial charge in [0.05, 0.1) is 5.92 Å². The van der Waals surface area contributed by atoms with Crippen molar-refractivity contribution in [1.82, 2.24) is 10.6 Å². The van der Waals surface area contributed by atoms with Gasteiger partial charge in [-0.2, -0.15) is 0 Å². The predicted octanol–water partition coefficient (Wildman–Crippen LogP) is -1.27. The average molecular weight is 197 g/mol. The van der Waals surface area contributed by atoms with E-state index >= 15 is 0 Å². The lowest BCUT2D eigenvalue weighted by atomic mass is 9.87. The Bertz CT molecular complexity index is 261. The molecule has 1 aliphatic heterocycles. The molecular formula is C9H15N3O2. The van der Waals surface area contributed by atoms with E-state index in [9.17, 15) is 9.59 Å². The molecule has 0 aromatic heterocycles. The van der Waals surface area contributed by atoms with Crippen molar-refractivity contribution in [2.75, 3.05) is 6.54 Å². The maximum Gasteiger partial charge on any atom is 0.225 e. The van der Waals surface area contributed by atoms with E-state index in [0.717, 1.165) is 12.8 Å². The molecule has 2 amide bonds. The summed E-state index contributed by atoms with van der Waals surface area (Å²) in [6, 6.07) is 0.469. The zero-order valence-corrected chi connectivity index (χ0v) is 7.95. The molecule has 78 valence electrons. The second-order valence-corrected chi connectivity index (χ2v) is 4.14. The molecule has 0 radical (unpaired) electrons. The Morgan fingerprint density at radius 3 is 2.71 bits per heavy atom. The van der Waals surface area contributed by atoms with Crippen molar-refractivity contribution < 1.29 is 9.59 Å². The number of amides is 2. The van der Waals surface area contributed by atoms with Crippen molar-refractivity contribution in [3.63, 3.8) is 0 Å². The minimum atomic E-state index is -0.181.